The molecule has 6 aromatic carbocycles. The van der Waals surface area contributed by atoms with Gasteiger partial charge in [0.15, 0.2) is 0 Å². The van der Waals surface area contributed by atoms with E-state index in [2.05, 4.69) is 78.6 Å². The molecule has 0 spiro atoms. The van der Waals surface area contributed by atoms with Crippen LogP contribution >= 0.6 is 0 Å². The zero-order valence-corrected chi connectivity index (χ0v) is 23.1. The minimum Gasteiger partial charge on any atom is -0.305 e. The van der Waals surface area contributed by atoms with E-state index in [1.54, 1.807) is 6.20 Å². The maximum absolute atomic E-state index is 4.72. The summed E-state index contributed by atoms with van der Waals surface area (Å²) in [6, 6.07) is 42.2. The van der Waals surface area contributed by atoms with Crippen LogP contribution in [0.3, 0.4) is 0 Å². The van der Waals surface area contributed by atoms with Crippen molar-refractivity contribution in [2.75, 3.05) is 0 Å². The zero-order valence-electron chi connectivity index (χ0n) is 20.7. The Bertz CT molecular complexity index is 1890. The van der Waals surface area contributed by atoms with Gasteiger partial charge in [-0.15, -0.1) is 59.0 Å². The first-order valence-corrected chi connectivity index (χ1v) is 12.4. The summed E-state index contributed by atoms with van der Waals surface area (Å²) in [5.41, 5.74) is 4.21. The molecule has 2 aromatic heterocycles. The third kappa shape index (κ3) is 3.92. The van der Waals surface area contributed by atoms with Gasteiger partial charge in [-0.2, -0.15) is 0 Å². The first kappa shape index (κ1) is 24.2. The minimum absolute atomic E-state index is 0. The smallest absolute Gasteiger partial charge is 0.0161 e. The largest absolute Gasteiger partial charge is 0.305 e. The third-order valence-electron chi connectivity index (χ3n) is 7.01. The van der Waals surface area contributed by atoms with Crippen molar-refractivity contribution < 1.29 is 20.1 Å². The SMILES string of the molecule is Cc1[c-]c2c3ncccc3c3cccc4c5ccccc5c(c1)c2c43.[Ir].[c-]1ccccc1-c1ccccn1. The van der Waals surface area contributed by atoms with Gasteiger partial charge in [0.1, 0.15) is 0 Å². The third-order valence-corrected chi connectivity index (χ3v) is 7.01. The molecule has 8 rings (SSSR count). The molecule has 8 aromatic rings. The molecule has 0 aliphatic carbocycles. The minimum atomic E-state index is 0. The molecule has 0 aliphatic rings. The maximum Gasteiger partial charge on any atom is 0.0161 e. The maximum atomic E-state index is 4.72. The van der Waals surface area contributed by atoms with Gasteiger partial charge in [-0.05, 0) is 55.7 Å². The van der Waals surface area contributed by atoms with Crippen LogP contribution in [0, 0.1) is 19.1 Å². The number of benzene rings is 6. The zero-order chi connectivity index (χ0) is 24.8. The standard InChI is InChI=1S/C24H14N.C11H8N.Ir/c1-14-12-20-16-7-3-2-6-15(16)17-8-4-9-18-19-10-5-11-25-24(19)21(13-14)23(20)22(17)18;1-2-6-10(7-3-1)11-8-4-5-9-12-11;/h2-12H,1H3;1-6,8-9H;/q2*-1;. The number of aromatic nitrogens is 2. The van der Waals surface area contributed by atoms with E-state index in [0.29, 0.717) is 0 Å². The second kappa shape index (κ2) is 9.95. The summed E-state index contributed by atoms with van der Waals surface area (Å²) < 4.78 is 0. The second-order valence-corrected chi connectivity index (χ2v) is 9.28. The summed E-state index contributed by atoms with van der Waals surface area (Å²) in [5.74, 6) is 0. The van der Waals surface area contributed by atoms with Gasteiger partial charge in [-0.25, -0.2) is 0 Å². The molecule has 2 heterocycles. The molecule has 38 heavy (non-hydrogen) atoms. The molecule has 0 unspecified atom stereocenters. The van der Waals surface area contributed by atoms with Crippen LogP contribution in [0.15, 0.2) is 116 Å². The van der Waals surface area contributed by atoms with E-state index >= 15 is 0 Å². The van der Waals surface area contributed by atoms with Crippen LogP contribution in [0.1, 0.15) is 5.56 Å². The molecule has 2 nitrogen and oxygen atoms in total. The molecule has 0 amide bonds. The number of pyridine rings is 2. The van der Waals surface area contributed by atoms with Gasteiger partial charge in [0.2, 0.25) is 0 Å². The molecule has 0 N–H and O–H groups in total. The van der Waals surface area contributed by atoms with E-state index in [1.165, 1.54) is 43.1 Å². The summed E-state index contributed by atoms with van der Waals surface area (Å²) in [6.07, 6.45) is 3.67. The molecular formula is C35H22IrN2-2. The van der Waals surface area contributed by atoms with E-state index < -0.39 is 0 Å². The topological polar surface area (TPSA) is 25.8 Å². The van der Waals surface area contributed by atoms with Crippen LogP contribution in [0.25, 0.3) is 65.3 Å². The summed E-state index contributed by atoms with van der Waals surface area (Å²) in [5, 5.41) is 11.5. The van der Waals surface area contributed by atoms with Gasteiger partial charge in [0.05, 0.1) is 0 Å². The van der Waals surface area contributed by atoms with E-state index in [0.717, 1.165) is 27.7 Å². The van der Waals surface area contributed by atoms with Crippen LogP contribution in [-0.2, 0) is 20.1 Å². The van der Waals surface area contributed by atoms with Gasteiger partial charge < -0.3 is 9.97 Å². The van der Waals surface area contributed by atoms with Crippen molar-refractivity contribution in [1.82, 2.24) is 9.97 Å². The average Bonchev–Trinajstić information content (AvgIpc) is 2.98. The van der Waals surface area contributed by atoms with Crippen LogP contribution in [0.2, 0.25) is 0 Å². The molecule has 183 valence electrons. The quantitative estimate of drug-likeness (QED) is 0.0997. The van der Waals surface area contributed by atoms with Gasteiger partial charge in [0.25, 0.3) is 0 Å². The van der Waals surface area contributed by atoms with Crippen LogP contribution in [0.4, 0.5) is 0 Å². The molecule has 0 atom stereocenters. The van der Waals surface area contributed by atoms with Crippen LogP contribution in [0.5, 0.6) is 0 Å². The summed E-state index contributed by atoms with van der Waals surface area (Å²) in [7, 11) is 0. The van der Waals surface area contributed by atoms with Gasteiger partial charge in [-0.1, -0.05) is 78.4 Å². The number of fused-ring (bicyclic) bond motifs is 6. The van der Waals surface area contributed by atoms with Crippen molar-refractivity contribution in [1.29, 1.82) is 0 Å². The monoisotopic (exact) mass is 663 g/mol. The molecule has 0 saturated carbocycles. The van der Waals surface area contributed by atoms with Crippen molar-refractivity contribution in [3.63, 3.8) is 0 Å². The fraction of sp³-hybridized carbons (Fsp3) is 0.0286. The average molecular weight is 663 g/mol. The van der Waals surface area contributed by atoms with E-state index in [4.69, 9.17) is 4.98 Å². The molecule has 1 radical (unpaired) electrons. The van der Waals surface area contributed by atoms with Gasteiger partial charge in [-0.3, -0.25) is 0 Å². The van der Waals surface area contributed by atoms with E-state index in [1.807, 2.05) is 54.7 Å². The number of nitrogens with zero attached hydrogens (tertiary/aromatic N) is 2. The van der Waals surface area contributed by atoms with Crippen molar-refractivity contribution in [2.45, 2.75) is 6.92 Å². The normalized spacial score (nSPS) is 11.1. The number of hydrogen-bond acceptors (Lipinski definition) is 2. The molecule has 0 bridgehead atoms. The van der Waals surface area contributed by atoms with Crippen molar-refractivity contribution in [3.8, 4) is 11.3 Å². The van der Waals surface area contributed by atoms with Gasteiger partial charge in [0, 0.05) is 32.5 Å². The molecule has 0 saturated heterocycles. The Morgan fingerprint density at radius 1 is 0.579 bits per heavy atom. The Morgan fingerprint density at radius 2 is 1.26 bits per heavy atom. The first-order valence-electron chi connectivity index (χ1n) is 12.4. The van der Waals surface area contributed by atoms with E-state index in [9.17, 15) is 0 Å². The van der Waals surface area contributed by atoms with Crippen molar-refractivity contribution >= 4 is 54.0 Å². The molecule has 0 fully saturated rings. The second-order valence-electron chi connectivity index (χ2n) is 9.28. The summed E-state index contributed by atoms with van der Waals surface area (Å²) in [6.45, 7) is 2.12. The Kier molecular flexibility index (Phi) is 6.33. The number of hydrogen-bond donors (Lipinski definition) is 0. The van der Waals surface area contributed by atoms with E-state index in [-0.39, 0.29) is 20.1 Å². The number of aryl methyl sites for hydroxylation is 1. The predicted molar refractivity (Wildman–Crippen MR) is 155 cm³/mol. The summed E-state index contributed by atoms with van der Waals surface area (Å²) >= 11 is 0. The molecule has 3 heteroatoms. The summed E-state index contributed by atoms with van der Waals surface area (Å²) in [4.78, 5) is 8.94. The number of rotatable bonds is 1. The Morgan fingerprint density at radius 3 is 2.03 bits per heavy atom. The fourth-order valence-electron chi connectivity index (χ4n) is 5.49. The van der Waals surface area contributed by atoms with Crippen LogP contribution in [-0.4, -0.2) is 9.97 Å². The molecule has 0 aliphatic heterocycles. The molecular weight excluding hydrogens is 641 g/mol. The Labute approximate surface area is 234 Å². The Balaban J connectivity index is 0.000000172. The first-order chi connectivity index (χ1) is 18.3. The van der Waals surface area contributed by atoms with Crippen LogP contribution < -0.4 is 0 Å². The van der Waals surface area contributed by atoms with Gasteiger partial charge >= 0.3 is 0 Å². The van der Waals surface area contributed by atoms with Crippen molar-refractivity contribution in [2.24, 2.45) is 0 Å². The van der Waals surface area contributed by atoms with Crippen molar-refractivity contribution in [3.05, 3.63) is 133 Å². The predicted octanol–water partition coefficient (Wildman–Crippen LogP) is 8.94. The fourth-order valence-corrected chi connectivity index (χ4v) is 5.49. The Hall–Kier alpha value is -4.17.